The Balaban J connectivity index is 1.85. The van der Waals surface area contributed by atoms with Crippen LogP contribution in [0.5, 0.6) is 5.75 Å². The van der Waals surface area contributed by atoms with Gasteiger partial charge in [0.25, 0.3) is 11.8 Å². The van der Waals surface area contributed by atoms with E-state index in [-0.39, 0.29) is 17.5 Å². The number of carbonyl (C=O) groups is 2. The van der Waals surface area contributed by atoms with Gasteiger partial charge in [-0.2, -0.15) is 0 Å². The van der Waals surface area contributed by atoms with Crippen LogP contribution in [0.2, 0.25) is 0 Å². The number of aryl methyl sites for hydroxylation is 4. The van der Waals surface area contributed by atoms with Gasteiger partial charge in [0.15, 0.2) is 0 Å². The Morgan fingerprint density at radius 1 is 0.750 bits per heavy atom. The summed E-state index contributed by atoms with van der Waals surface area (Å²) in [6.45, 7) is 7.89. The molecule has 3 aromatic rings. The highest BCUT2D eigenvalue weighted by atomic mass is 16.5. The Morgan fingerprint density at radius 2 is 1.38 bits per heavy atom. The van der Waals surface area contributed by atoms with Crippen molar-refractivity contribution < 1.29 is 14.3 Å². The fraction of sp³-hybridized carbons (Fsp3) is 0.185. The van der Waals surface area contributed by atoms with E-state index in [0.29, 0.717) is 22.6 Å². The Bertz CT molecular complexity index is 1260. The van der Waals surface area contributed by atoms with E-state index < -0.39 is 0 Å². The Kier molecular flexibility index (Phi) is 5.57. The molecular weight excluding hydrogens is 400 g/mol. The maximum atomic E-state index is 13.6. The third-order valence-electron chi connectivity index (χ3n) is 5.70. The molecule has 2 amide bonds. The van der Waals surface area contributed by atoms with E-state index in [0.717, 1.165) is 27.9 Å². The number of anilines is 2. The van der Waals surface area contributed by atoms with Crippen molar-refractivity contribution in [3.63, 3.8) is 0 Å². The number of benzene rings is 3. The molecule has 0 unspecified atom stereocenters. The molecule has 0 fully saturated rings. The fourth-order valence-electron chi connectivity index (χ4n) is 4.03. The van der Waals surface area contributed by atoms with E-state index in [1.807, 2.05) is 64.1 Å². The average molecular weight is 427 g/mol. The van der Waals surface area contributed by atoms with Gasteiger partial charge in [0.1, 0.15) is 11.4 Å². The van der Waals surface area contributed by atoms with Crippen LogP contribution in [-0.2, 0) is 9.59 Å². The van der Waals surface area contributed by atoms with Crippen LogP contribution in [0.4, 0.5) is 11.4 Å². The first kappa shape index (κ1) is 21.4. The molecule has 0 bridgehead atoms. The van der Waals surface area contributed by atoms with Gasteiger partial charge < -0.3 is 10.1 Å². The maximum absolute atomic E-state index is 13.6. The summed E-state index contributed by atoms with van der Waals surface area (Å²) in [6, 6.07) is 18.8. The zero-order valence-corrected chi connectivity index (χ0v) is 18.9. The number of methoxy groups -OCH3 is 1. The lowest BCUT2D eigenvalue weighted by Gasteiger charge is -2.18. The number of hydrogen-bond acceptors (Lipinski definition) is 4. The summed E-state index contributed by atoms with van der Waals surface area (Å²) in [5.74, 6) is -0.0339. The lowest BCUT2D eigenvalue weighted by atomic mass is 10.0. The molecule has 5 nitrogen and oxygen atoms in total. The van der Waals surface area contributed by atoms with Gasteiger partial charge in [0.2, 0.25) is 0 Å². The fourth-order valence-corrected chi connectivity index (χ4v) is 4.03. The molecule has 0 saturated heterocycles. The van der Waals surface area contributed by atoms with Crippen molar-refractivity contribution in [3.8, 4) is 5.75 Å². The first-order valence-corrected chi connectivity index (χ1v) is 10.5. The van der Waals surface area contributed by atoms with Gasteiger partial charge >= 0.3 is 0 Å². The Labute approximate surface area is 188 Å². The average Bonchev–Trinajstić information content (AvgIpc) is 3.00. The van der Waals surface area contributed by atoms with Gasteiger partial charge in [-0.25, -0.2) is 4.90 Å². The number of nitrogens with zero attached hydrogens (tertiary/aromatic N) is 1. The number of hydrogen-bond donors (Lipinski definition) is 1. The van der Waals surface area contributed by atoms with Crippen LogP contribution in [0.3, 0.4) is 0 Å². The number of ether oxygens (including phenoxy) is 1. The smallest absolute Gasteiger partial charge is 0.282 e. The van der Waals surface area contributed by atoms with E-state index in [9.17, 15) is 9.59 Å². The largest absolute Gasteiger partial charge is 0.497 e. The highest BCUT2D eigenvalue weighted by molar-refractivity contribution is 6.46. The van der Waals surface area contributed by atoms with E-state index in [2.05, 4.69) is 5.32 Å². The molecule has 5 heteroatoms. The second-order valence-corrected chi connectivity index (χ2v) is 8.16. The summed E-state index contributed by atoms with van der Waals surface area (Å²) < 4.78 is 5.25. The van der Waals surface area contributed by atoms with Crippen LogP contribution in [0.1, 0.15) is 27.8 Å². The standard InChI is InChI=1S/C27H26N2O3/c1-16-6-12-22(18(3)14-16)28-25-24(20-8-10-21(32-5)11-9-20)26(30)29(27(25)31)23-13-7-17(2)15-19(23)4/h6-15,28H,1-5H3. The number of imide groups is 1. The molecule has 0 aliphatic carbocycles. The monoisotopic (exact) mass is 426 g/mol. The lowest BCUT2D eigenvalue weighted by molar-refractivity contribution is -0.120. The summed E-state index contributed by atoms with van der Waals surface area (Å²) in [6.07, 6.45) is 0. The van der Waals surface area contributed by atoms with Crippen LogP contribution in [0, 0.1) is 27.7 Å². The molecule has 0 spiro atoms. The Hall–Kier alpha value is -3.86. The number of amides is 2. The second kappa shape index (κ2) is 8.35. The molecule has 0 atom stereocenters. The van der Waals surface area contributed by atoms with Gasteiger partial charge in [-0.05, 0) is 68.7 Å². The normalized spacial score (nSPS) is 13.7. The van der Waals surface area contributed by atoms with Crippen molar-refractivity contribution in [2.75, 3.05) is 17.3 Å². The van der Waals surface area contributed by atoms with Crippen LogP contribution < -0.4 is 15.0 Å². The molecule has 4 rings (SSSR count). The molecule has 1 heterocycles. The van der Waals surface area contributed by atoms with Crippen LogP contribution in [0.15, 0.2) is 66.4 Å². The first-order chi connectivity index (χ1) is 15.3. The third-order valence-corrected chi connectivity index (χ3v) is 5.70. The van der Waals surface area contributed by atoms with Crippen LogP contribution in [0.25, 0.3) is 5.57 Å². The summed E-state index contributed by atoms with van der Waals surface area (Å²) in [7, 11) is 1.59. The summed E-state index contributed by atoms with van der Waals surface area (Å²) in [5.41, 5.74) is 6.72. The quantitative estimate of drug-likeness (QED) is 0.561. The van der Waals surface area contributed by atoms with Gasteiger partial charge in [0.05, 0.1) is 18.4 Å². The molecular formula is C27H26N2O3. The summed E-state index contributed by atoms with van der Waals surface area (Å²) in [4.78, 5) is 28.5. The lowest BCUT2D eigenvalue weighted by Crippen LogP contribution is -2.33. The van der Waals surface area contributed by atoms with Crippen molar-refractivity contribution in [1.82, 2.24) is 0 Å². The maximum Gasteiger partial charge on any atom is 0.282 e. The third kappa shape index (κ3) is 3.78. The van der Waals surface area contributed by atoms with Crippen LogP contribution >= 0.6 is 0 Å². The van der Waals surface area contributed by atoms with Crippen LogP contribution in [-0.4, -0.2) is 18.9 Å². The molecule has 1 aliphatic heterocycles. The van der Waals surface area contributed by atoms with Gasteiger partial charge in [-0.3, -0.25) is 9.59 Å². The Morgan fingerprint density at radius 3 is 1.97 bits per heavy atom. The number of rotatable bonds is 5. The molecule has 0 radical (unpaired) electrons. The van der Waals surface area contributed by atoms with E-state index >= 15 is 0 Å². The molecule has 0 saturated carbocycles. The van der Waals surface area contributed by atoms with Crippen molar-refractivity contribution in [1.29, 1.82) is 0 Å². The molecule has 1 N–H and O–H groups in total. The molecule has 32 heavy (non-hydrogen) atoms. The molecule has 1 aliphatic rings. The second-order valence-electron chi connectivity index (χ2n) is 8.16. The van der Waals surface area contributed by atoms with Crippen molar-refractivity contribution >= 4 is 28.8 Å². The van der Waals surface area contributed by atoms with Gasteiger partial charge in [-0.15, -0.1) is 0 Å². The van der Waals surface area contributed by atoms with E-state index in [1.165, 1.54) is 4.90 Å². The topological polar surface area (TPSA) is 58.6 Å². The van der Waals surface area contributed by atoms with Crippen molar-refractivity contribution in [2.24, 2.45) is 0 Å². The van der Waals surface area contributed by atoms with Gasteiger partial charge in [0, 0.05) is 5.69 Å². The first-order valence-electron chi connectivity index (χ1n) is 10.5. The molecule has 162 valence electrons. The predicted octanol–water partition coefficient (Wildman–Crippen LogP) is 5.33. The minimum atomic E-state index is -0.368. The summed E-state index contributed by atoms with van der Waals surface area (Å²) in [5, 5.41) is 3.26. The zero-order chi connectivity index (χ0) is 23.0. The minimum absolute atomic E-state index is 0.270. The molecule has 3 aromatic carbocycles. The summed E-state index contributed by atoms with van der Waals surface area (Å²) >= 11 is 0. The highest BCUT2D eigenvalue weighted by Gasteiger charge is 2.41. The number of nitrogens with one attached hydrogen (secondary N) is 1. The number of carbonyl (C=O) groups excluding carboxylic acids is 2. The molecule has 0 aromatic heterocycles. The SMILES string of the molecule is COc1ccc(C2=C(Nc3ccc(C)cc3C)C(=O)N(c3ccc(C)cc3C)C2=O)cc1. The van der Waals surface area contributed by atoms with Crippen molar-refractivity contribution in [3.05, 3.63) is 94.2 Å². The van der Waals surface area contributed by atoms with E-state index in [4.69, 9.17) is 4.74 Å². The van der Waals surface area contributed by atoms with Gasteiger partial charge in [-0.1, -0.05) is 47.5 Å². The minimum Gasteiger partial charge on any atom is -0.497 e. The van der Waals surface area contributed by atoms with Crippen molar-refractivity contribution in [2.45, 2.75) is 27.7 Å². The highest BCUT2D eigenvalue weighted by Crippen LogP contribution is 2.36. The predicted molar refractivity (Wildman–Crippen MR) is 128 cm³/mol. The zero-order valence-electron chi connectivity index (χ0n) is 18.9. The van der Waals surface area contributed by atoms with E-state index in [1.54, 1.807) is 31.4 Å².